The normalized spacial score (nSPS) is 30.7. The smallest absolute Gasteiger partial charge is 0.177 e. The van der Waals surface area contributed by atoms with Crippen molar-refractivity contribution in [2.24, 2.45) is 11.3 Å². The Labute approximate surface area is 133 Å². The van der Waals surface area contributed by atoms with E-state index in [4.69, 9.17) is 28.4 Å². The summed E-state index contributed by atoms with van der Waals surface area (Å²) in [4.78, 5) is 0. The molecule has 0 spiro atoms. The molecule has 6 nitrogen and oxygen atoms in total. The Balaban J connectivity index is 1.67. The van der Waals surface area contributed by atoms with Gasteiger partial charge in [-0.1, -0.05) is 0 Å². The average molecular weight is 318 g/mol. The molecule has 2 aliphatic rings. The van der Waals surface area contributed by atoms with Crippen molar-refractivity contribution in [3.8, 4) is 0 Å². The van der Waals surface area contributed by atoms with E-state index >= 15 is 0 Å². The Kier molecular flexibility index (Phi) is 6.22. The van der Waals surface area contributed by atoms with Gasteiger partial charge in [0.05, 0.1) is 19.3 Å². The summed E-state index contributed by atoms with van der Waals surface area (Å²) >= 11 is 0. The molecule has 0 bridgehead atoms. The average Bonchev–Trinajstić information content (AvgIpc) is 3.39. The lowest BCUT2D eigenvalue weighted by Crippen LogP contribution is -2.32. The fourth-order valence-corrected chi connectivity index (χ4v) is 3.72. The maximum absolute atomic E-state index is 5.68. The van der Waals surface area contributed by atoms with Gasteiger partial charge in [-0.3, -0.25) is 0 Å². The van der Waals surface area contributed by atoms with Crippen LogP contribution in [0.2, 0.25) is 0 Å². The van der Waals surface area contributed by atoms with E-state index in [0.717, 1.165) is 12.8 Å². The van der Waals surface area contributed by atoms with Crippen LogP contribution >= 0.6 is 0 Å². The van der Waals surface area contributed by atoms with Crippen molar-refractivity contribution >= 4 is 0 Å². The number of hydrogen-bond donors (Lipinski definition) is 0. The van der Waals surface area contributed by atoms with E-state index in [1.54, 1.807) is 35.5 Å². The molecule has 4 atom stereocenters. The monoisotopic (exact) mass is 318 g/mol. The van der Waals surface area contributed by atoms with Crippen molar-refractivity contribution in [1.29, 1.82) is 0 Å². The molecule has 22 heavy (non-hydrogen) atoms. The first kappa shape index (κ1) is 18.1. The zero-order chi connectivity index (χ0) is 16.2. The number of fused-ring (bicyclic) bond motifs is 1. The third kappa shape index (κ3) is 3.18. The number of rotatable bonds is 13. The second kappa shape index (κ2) is 7.55. The third-order valence-corrected chi connectivity index (χ3v) is 5.25. The second-order valence-corrected chi connectivity index (χ2v) is 6.23. The van der Waals surface area contributed by atoms with E-state index in [2.05, 4.69) is 0 Å². The van der Waals surface area contributed by atoms with E-state index in [0.29, 0.717) is 25.7 Å². The second-order valence-electron chi connectivity index (χ2n) is 6.23. The number of methoxy groups -OCH3 is 5. The van der Waals surface area contributed by atoms with Crippen LogP contribution in [0.4, 0.5) is 0 Å². The van der Waals surface area contributed by atoms with Crippen LogP contribution in [0.25, 0.3) is 0 Å². The van der Waals surface area contributed by atoms with Gasteiger partial charge in [-0.05, 0) is 19.3 Å². The maximum Gasteiger partial charge on any atom is 0.177 e. The van der Waals surface area contributed by atoms with Crippen LogP contribution in [0.1, 0.15) is 19.3 Å². The minimum Gasteiger partial charge on any atom is -0.382 e. The Bertz CT molecular complexity index is 346. The van der Waals surface area contributed by atoms with Gasteiger partial charge in [0.25, 0.3) is 0 Å². The summed E-state index contributed by atoms with van der Waals surface area (Å²) < 4.78 is 32.7. The van der Waals surface area contributed by atoms with Crippen LogP contribution in [0.3, 0.4) is 0 Å². The van der Waals surface area contributed by atoms with Crippen molar-refractivity contribution in [2.75, 3.05) is 55.4 Å². The highest BCUT2D eigenvalue weighted by atomic mass is 16.7. The van der Waals surface area contributed by atoms with E-state index in [9.17, 15) is 0 Å². The lowest BCUT2D eigenvalue weighted by Gasteiger charge is -2.27. The van der Waals surface area contributed by atoms with E-state index in [1.165, 1.54) is 6.42 Å². The topological polar surface area (TPSA) is 55.4 Å². The summed E-state index contributed by atoms with van der Waals surface area (Å²) in [6.45, 7) is 1.73. The van der Waals surface area contributed by atoms with Gasteiger partial charge in [-0.25, -0.2) is 0 Å². The fraction of sp³-hybridized carbons (Fsp3) is 1.00. The number of ether oxygens (including phenoxy) is 6. The molecule has 4 unspecified atom stereocenters. The van der Waals surface area contributed by atoms with Gasteiger partial charge in [-0.2, -0.15) is 0 Å². The first-order valence-corrected chi connectivity index (χ1v) is 7.86. The molecule has 2 saturated carbocycles. The molecule has 0 amide bonds. The summed E-state index contributed by atoms with van der Waals surface area (Å²) in [5.74, 6) is 0.178. The Morgan fingerprint density at radius 1 is 0.955 bits per heavy atom. The molecule has 2 aliphatic carbocycles. The first-order chi connectivity index (χ1) is 10.6. The Hall–Kier alpha value is -0.240. The molecule has 0 aromatic rings. The van der Waals surface area contributed by atoms with E-state index in [-0.39, 0.29) is 23.4 Å². The summed E-state index contributed by atoms with van der Waals surface area (Å²) in [7, 11) is 8.53. The summed E-state index contributed by atoms with van der Waals surface area (Å²) in [5, 5.41) is 0. The van der Waals surface area contributed by atoms with Crippen LogP contribution < -0.4 is 0 Å². The molecule has 0 aromatic heterocycles. The lowest BCUT2D eigenvalue weighted by atomic mass is 10.0. The zero-order valence-electron chi connectivity index (χ0n) is 14.4. The van der Waals surface area contributed by atoms with Gasteiger partial charge in [0.2, 0.25) is 0 Å². The predicted molar refractivity (Wildman–Crippen MR) is 80.8 cm³/mol. The molecule has 2 fully saturated rings. The molecule has 0 aromatic carbocycles. The van der Waals surface area contributed by atoms with E-state index < -0.39 is 0 Å². The van der Waals surface area contributed by atoms with Gasteiger partial charge >= 0.3 is 0 Å². The highest BCUT2D eigenvalue weighted by Crippen LogP contribution is 2.85. The quantitative estimate of drug-likeness (QED) is 0.379. The Morgan fingerprint density at radius 2 is 1.64 bits per heavy atom. The first-order valence-electron chi connectivity index (χ1n) is 7.86. The molecule has 0 saturated heterocycles. The van der Waals surface area contributed by atoms with Crippen molar-refractivity contribution in [3.63, 3.8) is 0 Å². The minimum atomic E-state index is -0.357. The highest BCUT2D eigenvalue weighted by Gasteiger charge is 2.91. The number of hydrogen-bond acceptors (Lipinski definition) is 6. The van der Waals surface area contributed by atoms with E-state index in [1.807, 2.05) is 0 Å². The minimum absolute atomic E-state index is 0.0181. The largest absolute Gasteiger partial charge is 0.382 e. The van der Waals surface area contributed by atoms with Gasteiger partial charge in [0.1, 0.15) is 6.10 Å². The standard InChI is InChI=1S/C16H30O6/c1-17-10-13(19-3)11-22-7-6-12(18-2)8-15-9-14(15)16(15,20-4)21-5/h12-14H,6-11H2,1-5H3. The lowest BCUT2D eigenvalue weighted by molar-refractivity contribution is -0.187. The molecule has 0 aliphatic heterocycles. The van der Waals surface area contributed by atoms with Gasteiger partial charge < -0.3 is 28.4 Å². The van der Waals surface area contributed by atoms with Gasteiger partial charge in [0, 0.05) is 53.5 Å². The highest BCUT2D eigenvalue weighted by molar-refractivity contribution is 5.33. The van der Waals surface area contributed by atoms with Crippen LogP contribution in [0.15, 0.2) is 0 Å². The molecule has 130 valence electrons. The van der Waals surface area contributed by atoms with Crippen molar-refractivity contribution in [1.82, 2.24) is 0 Å². The molecular weight excluding hydrogens is 288 g/mol. The van der Waals surface area contributed by atoms with Crippen LogP contribution in [-0.4, -0.2) is 73.4 Å². The van der Waals surface area contributed by atoms with Crippen LogP contribution in [-0.2, 0) is 28.4 Å². The molecule has 0 radical (unpaired) electrons. The summed E-state index contributed by atoms with van der Waals surface area (Å²) in [6.07, 6.45) is 3.15. The summed E-state index contributed by atoms with van der Waals surface area (Å²) in [6, 6.07) is 0. The van der Waals surface area contributed by atoms with Crippen LogP contribution in [0, 0.1) is 11.3 Å². The molecule has 0 heterocycles. The van der Waals surface area contributed by atoms with Crippen molar-refractivity contribution < 1.29 is 28.4 Å². The van der Waals surface area contributed by atoms with Crippen LogP contribution in [0.5, 0.6) is 0 Å². The Morgan fingerprint density at radius 3 is 2.09 bits per heavy atom. The van der Waals surface area contributed by atoms with Gasteiger partial charge in [-0.15, -0.1) is 0 Å². The zero-order valence-corrected chi connectivity index (χ0v) is 14.4. The van der Waals surface area contributed by atoms with Crippen molar-refractivity contribution in [2.45, 2.75) is 37.3 Å². The molecule has 2 rings (SSSR count). The predicted octanol–water partition coefficient (Wildman–Crippen LogP) is 1.47. The summed E-state index contributed by atoms with van der Waals surface area (Å²) in [5.41, 5.74) is 0.169. The third-order valence-electron chi connectivity index (χ3n) is 5.25. The maximum atomic E-state index is 5.68. The molecule has 0 N–H and O–H groups in total. The molecule has 6 heteroatoms. The van der Waals surface area contributed by atoms with Gasteiger partial charge in [0.15, 0.2) is 5.79 Å². The fourth-order valence-electron chi connectivity index (χ4n) is 3.72. The van der Waals surface area contributed by atoms with Crippen molar-refractivity contribution in [3.05, 3.63) is 0 Å². The molecular formula is C16H30O6. The SMILES string of the molecule is COCC(COCCC(CC12CC1C2(OC)OC)OC)OC.